The van der Waals surface area contributed by atoms with Gasteiger partial charge in [-0.05, 0) is 29.7 Å². The van der Waals surface area contributed by atoms with E-state index < -0.39 is 0 Å². The average molecular weight is 263 g/mol. The molecule has 0 radical (unpaired) electrons. The van der Waals surface area contributed by atoms with Crippen LogP contribution in [0.5, 0.6) is 5.75 Å². The second-order valence-electron chi connectivity index (χ2n) is 4.29. The van der Waals surface area contributed by atoms with E-state index in [1.165, 1.54) is 0 Å². The molecule has 1 aromatic heterocycles. The van der Waals surface area contributed by atoms with E-state index in [0.717, 1.165) is 11.3 Å². The van der Waals surface area contributed by atoms with Crippen LogP contribution in [0.15, 0.2) is 36.7 Å². The molecule has 18 heavy (non-hydrogen) atoms. The summed E-state index contributed by atoms with van der Waals surface area (Å²) in [5.74, 6) is 1.84. The first-order valence-corrected chi connectivity index (χ1v) is 6.22. The van der Waals surface area contributed by atoms with Gasteiger partial charge in [0.05, 0.1) is 0 Å². The molecule has 0 amide bonds. The molecule has 2 rings (SSSR count). The molecule has 2 aromatic rings. The lowest BCUT2D eigenvalue weighted by atomic mass is 10.0. The highest BCUT2D eigenvalue weighted by Gasteiger charge is 2.09. The van der Waals surface area contributed by atoms with Crippen molar-refractivity contribution in [2.45, 2.75) is 26.4 Å². The highest BCUT2D eigenvalue weighted by Crippen LogP contribution is 2.29. The molecule has 0 fully saturated rings. The van der Waals surface area contributed by atoms with Gasteiger partial charge in [0, 0.05) is 17.4 Å². The predicted octanol–water partition coefficient (Wildman–Crippen LogP) is 3.83. The number of rotatable bonds is 4. The molecule has 0 saturated heterocycles. The third kappa shape index (κ3) is 3.20. The molecule has 0 saturated carbocycles. The zero-order valence-corrected chi connectivity index (χ0v) is 11.2. The van der Waals surface area contributed by atoms with E-state index in [9.17, 15) is 0 Å². The minimum absolute atomic E-state index is 0.348. The first-order valence-electron chi connectivity index (χ1n) is 5.85. The second-order valence-corrected chi connectivity index (χ2v) is 4.73. The molecular weight excluding hydrogens is 248 g/mol. The lowest BCUT2D eigenvalue weighted by Gasteiger charge is -2.13. The maximum atomic E-state index is 5.99. The Bertz CT molecular complexity index is 514. The first-order chi connectivity index (χ1) is 8.66. The Labute approximate surface area is 112 Å². The topological polar surface area (TPSA) is 35.0 Å². The SMILES string of the molecule is CC(C)c1ccc(Cl)cc1OCc1ncccn1. The summed E-state index contributed by atoms with van der Waals surface area (Å²) in [5, 5.41) is 0.670. The van der Waals surface area contributed by atoms with Crippen LogP contribution in [0, 0.1) is 0 Å². The molecule has 0 bridgehead atoms. The number of ether oxygens (including phenoxy) is 1. The Kier molecular flexibility index (Phi) is 4.15. The molecule has 4 heteroatoms. The van der Waals surface area contributed by atoms with Crippen LogP contribution in [-0.2, 0) is 6.61 Å². The monoisotopic (exact) mass is 262 g/mol. The molecule has 0 atom stereocenters. The van der Waals surface area contributed by atoms with Gasteiger partial charge in [0.1, 0.15) is 12.4 Å². The van der Waals surface area contributed by atoms with E-state index >= 15 is 0 Å². The first kappa shape index (κ1) is 12.8. The summed E-state index contributed by atoms with van der Waals surface area (Å²) < 4.78 is 5.76. The van der Waals surface area contributed by atoms with Crippen LogP contribution in [0.3, 0.4) is 0 Å². The third-order valence-electron chi connectivity index (χ3n) is 2.57. The zero-order valence-electron chi connectivity index (χ0n) is 10.4. The van der Waals surface area contributed by atoms with Crippen LogP contribution in [0.4, 0.5) is 0 Å². The van der Waals surface area contributed by atoms with Gasteiger partial charge in [0.15, 0.2) is 5.82 Å². The Morgan fingerprint density at radius 2 is 1.94 bits per heavy atom. The van der Waals surface area contributed by atoms with Crippen LogP contribution in [0.25, 0.3) is 0 Å². The molecule has 0 aliphatic heterocycles. The Morgan fingerprint density at radius 1 is 1.22 bits per heavy atom. The van der Waals surface area contributed by atoms with Crippen LogP contribution < -0.4 is 4.74 Å². The van der Waals surface area contributed by atoms with Crippen LogP contribution in [-0.4, -0.2) is 9.97 Å². The Morgan fingerprint density at radius 3 is 2.61 bits per heavy atom. The van der Waals surface area contributed by atoms with E-state index in [0.29, 0.717) is 23.4 Å². The number of benzene rings is 1. The summed E-state index contributed by atoms with van der Waals surface area (Å²) in [5.41, 5.74) is 1.13. The summed E-state index contributed by atoms with van der Waals surface area (Å²) in [4.78, 5) is 8.24. The summed E-state index contributed by atoms with van der Waals surface area (Å²) in [7, 11) is 0. The molecule has 94 valence electrons. The number of nitrogens with zero attached hydrogens (tertiary/aromatic N) is 2. The van der Waals surface area contributed by atoms with Crippen LogP contribution >= 0.6 is 11.6 Å². The predicted molar refractivity (Wildman–Crippen MR) is 71.9 cm³/mol. The Hall–Kier alpha value is -1.61. The maximum absolute atomic E-state index is 5.99. The molecule has 0 N–H and O–H groups in total. The average Bonchev–Trinajstić information content (AvgIpc) is 2.37. The van der Waals surface area contributed by atoms with Gasteiger partial charge >= 0.3 is 0 Å². The highest BCUT2D eigenvalue weighted by molar-refractivity contribution is 6.30. The lowest BCUT2D eigenvalue weighted by Crippen LogP contribution is -2.03. The number of hydrogen-bond donors (Lipinski definition) is 0. The second kappa shape index (κ2) is 5.83. The molecular formula is C14H15ClN2O. The molecule has 3 nitrogen and oxygen atoms in total. The number of halogens is 1. The van der Waals surface area contributed by atoms with Gasteiger partial charge in [-0.1, -0.05) is 31.5 Å². The van der Waals surface area contributed by atoms with Gasteiger partial charge in [-0.25, -0.2) is 9.97 Å². The summed E-state index contributed by atoms with van der Waals surface area (Å²) in [6.07, 6.45) is 3.40. The summed E-state index contributed by atoms with van der Waals surface area (Å²) in [6.45, 7) is 4.59. The van der Waals surface area contributed by atoms with Crippen LogP contribution in [0.1, 0.15) is 31.2 Å². The van der Waals surface area contributed by atoms with E-state index in [1.807, 2.05) is 18.2 Å². The standard InChI is InChI=1S/C14H15ClN2O/c1-10(2)12-5-4-11(15)8-13(12)18-9-14-16-6-3-7-17-14/h3-8,10H,9H2,1-2H3. The smallest absolute Gasteiger partial charge is 0.166 e. The van der Waals surface area contributed by atoms with E-state index in [2.05, 4.69) is 23.8 Å². The van der Waals surface area contributed by atoms with Gasteiger partial charge in [-0.2, -0.15) is 0 Å². The lowest BCUT2D eigenvalue weighted by molar-refractivity contribution is 0.291. The van der Waals surface area contributed by atoms with Crippen molar-refractivity contribution < 1.29 is 4.74 Å². The summed E-state index contributed by atoms with van der Waals surface area (Å²) >= 11 is 5.99. The van der Waals surface area contributed by atoms with Crippen LogP contribution in [0.2, 0.25) is 5.02 Å². The molecule has 0 aliphatic carbocycles. The third-order valence-corrected chi connectivity index (χ3v) is 2.81. The molecule has 0 spiro atoms. The summed E-state index contributed by atoms with van der Waals surface area (Å²) in [6, 6.07) is 7.49. The van der Waals surface area contributed by atoms with Crippen molar-refractivity contribution in [3.05, 3.63) is 53.1 Å². The minimum Gasteiger partial charge on any atom is -0.485 e. The van der Waals surface area contributed by atoms with Gasteiger partial charge in [-0.15, -0.1) is 0 Å². The van der Waals surface area contributed by atoms with Crippen molar-refractivity contribution in [1.29, 1.82) is 0 Å². The quantitative estimate of drug-likeness (QED) is 0.840. The molecule has 0 unspecified atom stereocenters. The fourth-order valence-electron chi connectivity index (χ4n) is 1.66. The molecule has 1 aromatic carbocycles. The van der Waals surface area contributed by atoms with E-state index in [-0.39, 0.29) is 0 Å². The number of aromatic nitrogens is 2. The maximum Gasteiger partial charge on any atom is 0.166 e. The van der Waals surface area contributed by atoms with Crippen molar-refractivity contribution in [1.82, 2.24) is 9.97 Å². The molecule has 1 heterocycles. The van der Waals surface area contributed by atoms with Gasteiger partial charge in [0.25, 0.3) is 0 Å². The van der Waals surface area contributed by atoms with Gasteiger partial charge < -0.3 is 4.74 Å². The van der Waals surface area contributed by atoms with Crippen molar-refractivity contribution in [3.8, 4) is 5.75 Å². The number of hydrogen-bond acceptors (Lipinski definition) is 3. The normalized spacial score (nSPS) is 10.7. The Balaban J connectivity index is 2.15. The van der Waals surface area contributed by atoms with E-state index in [4.69, 9.17) is 16.3 Å². The zero-order chi connectivity index (χ0) is 13.0. The molecule has 0 aliphatic rings. The van der Waals surface area contributed by atoms with Gasteiger partial charge in [-0.3, -0.25) is 0 Å². The minimum atomic E-state index is 0.348. The van der Waals surface area contributed by atoms with Crippen molar-refractivity contribution in [3.63, 3.8) is 0 Å². The highest BCUT2D eigenvalue weighted by atomic mass is 35.5. The van der Waals surface area contributed by atoms with Crippen molar-refractivity contribution in [2.24, 2.45) is 0 Å². The van der Waals surface area contributed by atoms with Crippen molar-refractivity contribution in [2.75, 3.05) is 0 Å². The fourth-order valence-corrected chi connectivity index (χ4v) is 1.82. The van der Waals surface area contributed by atoms with Crippen molar-refractivity contribution >= 4 is 11.6 Å². The van der Waals surface area contributed by atoms with Gasteiger partial charge in [0.2, 0.25) is 0 Å². The largest absolute Gasteiger partial charge is 0.485 e. The fraction of sp³-hybridized carbons (Fsp3) is 0.286. The van der Waals surface area contributed by atoms with E-state index in [1.54, 1.807) is 18.5 Å².